The third-order valence-electron chi connectivity index (χ3n) is 3.05. The Labute approximate surface area is 132 Å². The zero-order valence-electron chi connectivity index (χ0n) is 12.0. The van der Waals surface area contributed by atoms with Gasteiger partial charge in [0, 0.05) is 5.56 Å². The molecular formula is C16H15N3O2S. The van der Waals surface area contributed by atoms with Crippen LogP contribution in [0.3, 0.4) is 0 Å². The first-order valence-electron chi connectivity index (χ1n) is 6.68. The van der Waals surface area contributed by atoms with Crippen molar-refractivity contribution in [2.75, 3.05) is 13.0 Å². The van der Waals surface area contributed by atoms with Crippen LogP contribution in [0.5, 0.6) is 11.5 Å². The Balaban J connectivity index is 2.04. The Morgan fingerprint density at radius 1 is 1.09 bits per heavy atom. The zero-order valence-corrected chi connectivity index (χ0v) is 12.8. The van der Waals surface area contributed by atoms with Crippen LogP contribution in [0.25, 0.3) is 0 Å². The van der Waals surface area contributed by atoms with E-state index in [1.807, 2.05) is 54.8 Å². The fourth-order valence-electron chi connectivity index (χ4n) is 1.96. The van der Waals surface area contributed by atoms with Gasteiger partial charge in [-0.05, 0) is 36.6 Å². The third-order valence-corrected chi connectivity index (χ3v) is 3.56. The number of amidine groups is 2. The number of para-hydroxylation sites is 1. The SMILES string of the molecule is CSC(N)=NC(=Nc1ccccc1)c1ccc2c(c1)OCO2. The van der Waals surface area contributed by atoms with Gasteiger partial charge in [-0.3, -0.25) is 0 Å². The molecule has 0 fully saturated rings. The van der Waals surface area contributed by atoms with Gasteiger partial charge in [0.2, 0.25) is 6.79 Å². The van der Waals surface area contributed by atoms with Crippen LogP contribution in [0.4, 0.5) is 5.69 Å². The highest BCUT2D eigenvalue weighted by atomic mass is 32.2. The first-order valence-corrected chi connectivity index (χ1v) is 7.90. The largest absolute Gasteiger partial charge is 0.454 e. The van der Waals surface area contributed by atoms with Gasteiger partial charge in [-0.15, -0.1) is 0 Å². The van der Waals surface area contributed by atoms with Crippen molar-refractivity contribution in [1.82, 2.24) is 0 Å². The molecule has 3 rings (SSSR count). The van der Waals surface area contributed by atoms with E-state index in [-0.39, 0.29) is 6.79 Å². The van der Waals surface area contributed by atoms with E-state index in [1.54, 1.807) is 0 Å². The van der Waals surface area contributed by atoms with E-state index in [4.69, 9.17) is 15.2 Å². The lowest BCUT2D eigenvalue weighted by atomic mass is 10.2. The van der Waals surface area contributed by atoms with Crippen molar-refractivity contribution >= 4 is 28.5 Å². The Kier molecular flexibility index (Phi) is 4.29. The van der Waals surface area contributed by atoms with E-state index in [2.05, 4.69) is 9.98 Å². The second kappa shape index (κ2) is 6.53. The molecule has 0 atom stereocenters. The summed E-state index contributed by atoms with van der Waals surface area (Å²) in [6.45, 7) is 0.236. The number of ether oxygens (including phenoxy) is 2. The highest BCUT2D eigenvalue weighted by Crippen LogP contribution is 2.33. The first-order chi connectivity index (χ1) is 10.8. The Morgan fingerprint density at radius 2 is 1.86 bits per heavy atom. The minimum atomic E-state index is 0.236. The molecule has 2 aromatic carbocycles. The molecule has 22 heavy (non-hydrogen) atoms. The van der Waals surface area contributed by atoms with Crippen LogP contribution in [0.2, 0.25) is 0 Å². The lowest BCUT2D eigenvalue weighted by Gasteiger charge is -2.05. The standard InChI is InChI=1S/C16H15N3O2S/c1-22-16(17)19-15(18-12-5-3-2-4-6-12)11-7-8-13-14(9-11)21-10-20-13/h2-9H,10H2,1H3,(H2,17,18,19). The maximum absolute atomic E-state index is 5.85. The summed E-state index contributed by atoms with van der Waals surface area (Å²) in [5.41, 5.74) is 7.49. The van der Waals surface area contributed by atoms with Gasteiger partial charge in [-0.25, -0.2) is 9.98 Å². The highest BCUT2D eigenvalue weighted by molar-refractivity contribution is 8.13. The van der Waals surface area contributed by atoms with Crippen LogP contribution < -0.4 is 15.2 Å². The summed E-state index contributed by atoms with van der Waals surface area (Å²) in [5.74, 6) is 1.96. The summed E-state index contributed by atoms with van der Waals surface area (Å²) < 4.78 is 10.7. The van der Waals surface area contributed by atoms with Gasteiger partial charge in [0.25, 0.3) is 0 Å². The number of benzene rings is 2. The third kappa shape index (κ3) is 3.23. The number of hydrogen-bond donors (Lipinski definition) is 1. The molecule has 0 aliphatic carbocycles. The van der Waals surface area contributed by atoms with Gasteiger partial charge in [0.15, 0.2) is 22.5 Å². The summed E-state index contributed by atoms with van der Waals surface area (Å²) in [4.78, 5) is 8.98. The predicted octanol–water partition coefficient (Wildman–Crippen LogP) is 3.17. The summed E-state index contributed by atoms with van der Waals surface area (Å²) in [6.07, 6.45) is 1.87. The van der Waals surface area contributed by atoms with Gasteiger partial charge in [0.05, 0.1) is 5.69 Å². The minimum Gasteiger partial charge on any atom is -0.454 e. The average Bonchev–Trinajstić information content (AvgIpc) is 3.02. The van der Waals surface area contributed by atoms with Crippen molar-refractivity contribution in [3.8, 4) is 11.5 Å². The second-order valence-corrected chi connectivity index (χ2v) is 5.32. The molecule has 1 heterocycles. The van der Waals surface area contributed by atoms with E-state index < -0.39 is 0 Å². The number of fused-ring (bicyclic) bond motifs is 1. The molecule has 0 aromatic heterocycles. The molecule has 6 heteroatoms. The number of hydrogen-bond acceptors (Lipinski definition) is 4. The molecule has 112 valence electrons. The molecule has 1 aliphatic heterocycles. The van der Waals surface area contributed by atoms with Gasteiger partial charge in [0.1, 0.15) is 0 Å². The number of nitrogens with zero attached hydrogens (tertiary/aromatic N) is 2. The van der Waals surface area contributed by atoms with E-state index in [0.29, 0.717) is 16.8 Å². The maximum Gasteiger partial charge on any atom is 0.231 e. The molecule has 0 bridgehead atoms. The quantitative estimate of drug-likeness (QED) is 0.683. The molecule has 0 spiro atoms. The van der Waals surface area contributed by atoms with Crippen LogP contribution in [-0.4, -0.2) is 24.1 Å². The zero-order chi connectivity index (χ0) is 15.4. The smallest absolute Gasteiger partial charge is 0.231 e. The number of rotatable bonds is 2. The lowest BCUT2D eigenvalue weighted by Crippen LogP contribution is -2.10. The summed E-state index contributed by atoms with van der Waals surface area (Å²) in [6, 6.07) is 15.2. The fraction of sp³-hybridized carbons (Fsp3) is 0.125. The summed E-state index contributed by atoms with van der Waals surface area (Å²) in [5, 5.41) is 0.451. The molecule has 2 N–H and O–H groups in total. The normalized spacial score (nSPS) is 14.2. The monoisotopic (exact) mass is 313 g/mol. The number of nitrogens with two attached hydrogens (primary N) is 1. The van der Waals surface area contributed by atoms with E-state index >= 15 is 0 Å². The molecule has 0 radical (unpaired) electrons. The minimum absolute atomic E-state index is 0.236. The van der Waals surface area contributed by atoms with E-state index in [0.717, 1.165) is 17.0 Å². The predicted molar refractivity (Wildman–Crippen MR) is 90.3 cm³/mol. The number of aliphatic imine (C=N–C) groups is 2. The van der Waals surface area contributed by atoms with Crippen molar-refractivity contribution in [3.05, 3.63) is 54.1 Å². The molecule has 0 saturated heterocycles. The second-order valence-electron chi connectivity index (χ2n) is 4.49. The van der Waals surface area contributed by atoms with Gasteiger partial charge < -0.3 is 15.2 Å². The van der Waals surface area contributed by atoms with Crippen LogP contribution >= 0.6 is 11.8 Å². The molecule has 0 saturated carbocycles. The van der Waals surface area contributed by atoms with Crippen molar-refractivity contribution in [1.29, 1.82) is 0 Å². The highest BCUT2D eigenvalue weighted by Gasteiger charge is 2.15. The summed E-state index contributed by atoms with van der Waals surface area (Å²) in [7, 11) is 0. The first kappa shape index (κ1) is 14.5. The molecule has 0 unspecified atom stereocenters. The summed E-state index contributed by atoms with van der Waals surface area (Å²) >= 11 is 1.37. The molecular weight excluding hydrogens is 298 g/mol. The topological polar surface area (TPSA) is 69.2 Å². The Bertz CT molecular complexity index is 729. The molecule has 5 nitrogen and oxygen atoms in total. The maximum atomic E-state index is 5.85. The molecule has 2 aromatic rings. The van der Waals surface area contributed by atoms with Crippen molar-refractivity contribution < 1.29 is 9.47 Å². The Hall–Kier alpha value is -2.47. The van der Waals surface area contributed by atoms with Crippen molar-refractivity contribution in [2.45, 2.75) is 0 Å². The molecule has 0 amide bonds. The van der Waals surface area contributed by atoms with Gasteiger partial charge >= 0.3 is 0 Å². The average molecular weight is 313 g/mol. The van der Waals surface area contributed by atoms with Crippen molar-refractivity contribution in [2.24, 2.45) is 15.7 Å². The fourth-order valence-corrected chi connectivity index (χ4v) is 2.14. The van der Waals surface area contributed by atoms with Gasteiger partial charge in [-0.1, -0.05) is 30.0 Å². The van der Waals surface area contributed by atoms with Gasteiger partial charge in [-0.2, -0.15) is 0 Å². The van der Waals surface area contributed by atoms with E-state index in [9.17, 15) is 0 Å². The van der Waals surface area contributed by atoms with Crippen LogP contribution in [0, 0.1) is 0 Å². The van der Waals surface area contributed by atoms with Crippen LogP contribution in [-0.2, 0) is 0 Å². The number of thioether (sulfide) groups is 1. The Morgan fingerprint density at radius 3 is 2.64 bits per heavy atom. The van der Waals surface area contributed by atoms with Crippen molar-refractivity contribution in [3.63, 3.8) is 0 Å². The van der Waals surface area contributed by atoms with Crippen LogP contribution in [0.1, 0.15) is 5.56 Å². The molecule has 1 aliphatic rings. The lowest BCUT2D eigenvalue weighted by molar-refractivity contribution is 0.174. The van der Waals surface area contributed by atoms with Crippen LogP contribution in [0.15, 0.2) is 58.5 Å². The van der Waals surface area contributed by atoms with E-state index in [1.165, 1.54) is 11.8 Å².